The second-order valence-electron chi connectivity index (χ2n) is 3.42. The molecule has 0 heterocycles. The van der Waals surface area contributed by atoms with Crippen LogP contribution in [0.4, 0.5) is 0 Å². The fourth-order valence-electron chi connectivity index (χ4n) is 1.07. The molecule has 0 amide bonds. The molecule has 24 heavy (non-hydrogen) atoms. The van der Waals surface area contributed by atoms with Crippen LogP contribution in [0.25, 0.3) is 0 Å². The van der Waals surface area contributed by atoms with E-state index in [1.54, 1.807) is 0 Å². The molecule has 0 N–H and O–H groups in total. The van der Waals surface area contributed by atoms with Crippen LogP contribution >= 0.6 is 0 Å². The zero-order valence-electron chi connectivity index (χ0n) is 12.8. The molecule has 0 atom stereocenters. The molecule has 0 saturated carbocycles. The van der Waals surface area contributed by atoms with Crippen LogP contribution in [0, 0.1) is 0 Å². The Balaban J connectivity index is -0.00000220. The van der Waals surface area contributed by atoms with Gasteiger partial charge in [0.2, 0.25) is 31.2 Å². The van der Waals surface area contributed by atoms with Crippen molar-refractivity contribution in [3.63, 3.8) is 0 Å². The van der Waals surface area contributed by atoms with Gasteiger partial charge < -0.3 is 13.7 Å². The Kier molecular flexibility index (Phi) is 17.9. The average molecular weight is 450 g/mol. The first-order valence-electron chi connectivity index (χ1n) is 5.23. The number of hydrogen-bond donors (Lipinski definition) is 0. The first-order chi connectivity index (χ1) is 9.79. The molecule has 0 spiro atoms. The molecule has 0 aromatic rings. The van der Waals surface area contributed by atoms with E-state index >= 15 is 0 Å². The predicted molar refractivity (Wildman–Crippen MR) is 68.9 cm³/mol. The van der Waals surface area contributed by atoms with Crippen molar-refractivity contribution in [3.8, 4) is 0 Å². The van der Waals surface area contributed by atoms with Gasteiger partial charge in [0.1, 0.15) is 37.1 Å². The maximum absolute atomic E-state index is 10.2. The molecule has 0 aromatic carbocycles. The SMILES string of the molecule is O=S(=O)([O-])OCC[S+](CCOS(=O)(=O)[O-])CCOS(=O)(=O)[O-].[Na+].[Na+]. The van der Waals surface area contributed by atoms with E-state index in [9.17, 15) is 38.9 Å². The van der Waals surface area contributed by atoms with E-state index in [0.29, 0.717) is 0 Å². The van der Waals surface area contributed by atoms with E-state index in [0.717, 1.165) is 0 Å². The third kappa shape index (κ3) is 24.0. The Morgan fingerprint density at radius 3 is 0.958 bits per heavy atom. The van der Waals surface area contributed by atoms with Gasteiger partial charge in [-0.1, -0.05) is 0 Å². The standard InChI is InChI=1S/C6H14O12S4.2Na/c7-20(8,9)16-1-4-19(5-2-17-21(10,11)12)6-3-18-22(13,14)15;;/h1-6H2,(H2-,7,8,9,10,11,12,13,14,15);;/q;2*+1/p-2. The molecule has 0 aliphatic heterocycles. The first kappa shape index (κ1) is 30.7. The maximum Gasteiger partial charge on any atom is 1.00 e. The van der Waals surface area contributed by atoms with Gasteiger partial charge in [-0.05, 0) is 10.9 Å². The third-order valence-electron chi connectivity index (χ3n) is 1.80. The zero-order chi connectivity index (χ0) is 17.4. The van der Waals surface area contributed by atoms with Gasteiger partial charge in [-0.2, -0.15) is 0 Å². The van der Waals surface area contributed by atoms with Gasteiger partial charge in [0.05, 0.1) is 0 Å². The molecule has 12 nitrogen and oxygen atoms in total. The fourth-order valence-corrected chi connectivity index (χ4v) is 3.82. The molecule has 0 aromatic heterocycles. The average Bonchev–Trinajstić information content (AvgIpc) is 2.23. The van der Waals surface area contributed by atoms with Crippen molar-refractivity contribution in [2.24, 2.45) is 0 Å². The van der Waals surface area contributed by atoms with Crippen molar-refractivity contribution in [2.75, 3.05) is 37.1 Å². The molecule has 0 rings (SSSR count). The zero-order valence-corrected chi connectivity index (χ0v) is 20.0. The topological polar surface area (TPSA) is 199 Å². The summed E-state index contributed by atoms with van der Waals surface area (Å²) >= 11 is 0. The van der Waals surface area contributed by atoms with Crippen LogP contribution < -0.4 is 59.1 Å². The van der Waals surface area contributed by atoms with E-state index in [-0.39, 0.29) is 76.4 Å². The van der Waals surface area contributed by atoms with Crippen molar-refractivity contribution in [3.05, 3.63) is 0 Å². The van der Waals surface area contributed by atoms with Gasteiger partial charge in [0.15, 0.2) is 0 Å². The largest absolute Gasteiger partial charge is 1.00 e. The summed E-state index contributed by atoms with van der Waals surface area (Å²) in [6.45, 7) is -1.62. The van der Waals surface area contributed by atoms with Crippen LogP contribution in [0.1, 0.15) is 0 Å². The van der Waals surface area contributed by atoms with E-state index in [2.05, 4.69) is 12.5 Å². The van der Waals surface area contributed by atoms with Gasteiger partial charge in [0, 0.05) is 0 Å². The second-order valence-corrected chi connectivity index (χ2v) is 9.02. The summed E-state index contributed by atoms with van der Waals surface area (Å²) in [5.74, 6) is -0.232. The van der Waals surface area contributed by atoms with Crippen LogP contribution in [0.2, 0.25) is 0 Å². The molecular formula is C6H12Na2O12S4. The summed E-state index contributed by atoms with van der Waals surface area (Å²) in [5, 5.41) is 0. The van der Waals surface area contributed by atoms with E-state index in [1.807, 2.05) is 0 Å². The number of rotatable bonds is 12. The Hall–Kier alpha value is 1.96. The van der Waals surface area contributed by atoms with Crippen molar-refractivity contribution in [2.45, 2.75) is 0 Å². The minimum atomic E-state index is -4.91. The first-order valence-corrected chi connectivity index (χ1v) is 11.0. The summed E-state index contributed by atoms with van der Waals surface area (Å²) in [4.78, 5) is 0. The van der Waals surface area contributed by atoms with Gasteiger partial charge in [-0.25, -0.2) is 25.3 Å². The monoisotopic (exact) mass is 450 g/mol. The quantitative estimate of drug-likeness (QED) is 0.118. The minimum absolute atomic E-state index is 0. The molecule has 0 bridgehead atoms. The second kappa shape index (κ2) is 14.0. The van der Waals surface area contributed by atoms with Crippen molar-refractivity contribution in [1.29, 1.82) is 0 Å². The molecule has 0 unspecified atom stereocenters. The number of hydrogen-bond acceptors (Lipinski definition) is 12. The molecule has 0 fully saturated rings. The molecule has 0 saturated heterocycles. The third-order valence-corrected chi connectivity index (χ3v) is 5.40. The van der Waals surface area contributed by atoms with E-state index in [1.165, 1.54) is 0 Å². The van der Waals surface area contributed by atoms with Crippen LogP contribution in [-0.4, -0.2) is 76.0 Å². The molecule has 0 radical (unpaired) electrons. The molecule has 0 aliphatic rings. The molecular weight excluding hydrogens is 438 g/mol. The minimum Gasteiger partial charge on any atom is -0.726 e. The molecule has 0 aliphatic carbocycles. The fraction of sp³-hybridized carbons (Fsp3) is 1.00. The summed E-state index contributed by atoms with van der Waals surface area (Å²) < 4.78 is 104. The van der Waals surface area contributed by atoms with Crippen LogP contribution in [-0.2, 0) is 54.6 Å². The summed E-state index contributed by atoms with van der Waals surface area (Å²) in [5.41, 5.74) is 0. The van der Waals surface area contributed by atoms with Crippen molar-refractivity contribution in [1.82, 2.24) is 0 Å². The van der Waals surface area contributed by atoms with Gasteiger partial charge in [0.25, 0.3) is 0 Å². The van der Waals surface area contributed by atoms with Gasteiger partial charge in [-0.3, -0.25) is 12.5 Å². The molecule has 134 valence electrons. The van der Waals surface area contributed by atoms with E-state index < -0.39 is 61.9 Å². The summed E-state index contributed by atoms with van der Waals surface area (Å²) in [6.07, 6.45) is 0. The predicted octanol–water partition coefficient (Wildman–Crippen LogP) is -8.96. The van der Waals surface area contributed by atoms with Crippen molar-refractivity contribution >= 4 is 42.1 Å². The Labute approximate surface area is 187 Å². The van der Waals surface area contributed by atoms with Crippen molar-refractivity contribution < 1.29 is 111 Å². The Morgan fingerprint density at radius 2 is 0.792 bits per heavy atom. The summed E-state index contributed by atoms with van der Waals surface area (Å²) in [6, 6.07) is 0. The normalized spacial score (nSPS) is 12.5. The Morgan fingerprint density at radius 1 is 0.583 bits per heavy atom. The smallest absolute Gasteiger partial charge is 0.726 e. The van der Waals surface area contributed by atoms with Crippen LogP contribution in [0.3, 0.4) is 0 Å². The molecule has 18 heteroatoms. The Bertz CT molecular complexity index is 538. The van der Waals surface area contributed by atoms with Crippen LogP contribution in [0.5, 0.6) is 0 Å². The van der Waals surface area contributed by atoms with Gasteiger partial charge >= 0.3 is 59.1 Å². The summed E-state index contributed by atoms with van der Waals surface area (Å²) in [7, 11) is -15.6. The van der Waals surface area contributed by atoms with Crippen LogP contribution in [0.15, 0.2) is 0 Å². The maximum atomic E-state index is 10.2. The van der Waals surface area contributed by atoms with Gasteiger partial charge in [-0.15, -0.1) is 0 Å². The van der Waals surface area contributed by atoms with E-state index in [4.69, 9.17) is 0 Å².